The fourth-order valence-electron chi connectivity index (χ4n) is 8.11. The van der Waals surface area contributed by atoms with Crippen LogP contribution >= 0.6 is 11.3 Å². The van der Waals surface area contributed by atoms with Crippen molar-refractivity contribution in [1.82, 2.24) is 4.98 Å². The summed E-state index contributed by atoms with van der Waals surface area (Å²) < 4.78 is 8.68. The number of benzene rings is 9. The molecule has 0 aliphatic rings. The number of aromatic nitrogens is 1. The molecular formula is C53H34N2OS. The Hall–Kier alpha value is -7.27. The largest absolute Gasteiger partial charge is 0.436 e. The monoisotopic (exact) mass is 746 g/mol. The quantitative estimate of drug-likeness (QED) is 0.163. The molecule has 268 valence electrons. The van der Waals surface area contributed by atoms with Gasteiger partial charge in [0.15, 0.2) is 5.58 Å². The second-order valence-electron chi connectivity index (χ2n) is 14.4. The number of thiophene rings is 1. The highest BCUT2D eigenvalue weighted by atomic mass is 32.1. The lowest BCUT2D eigenvalue weighted by atomic mass is 9.92. The van der Waals surface area contributed by atoms with E-state index in [1.807, 2.05) is 30.3 Å². The van der Waals surface area contributed by atoms with Gasteiger partial charge in [-0.3, -0.25) is 0 Å². The Morgan fingerprint density at radius 2 is 1.04 bits per heavy atom. The third kappa shape index (κ3) is 5.95. The van der Waals surface area contributed by atoms with Crippen LogP contribution in [-0.2, 0) is 0 Å². The summed E-state index contributed by atoms with van der Waals surface area (Å²) in [6.07, 6.45) is 0. The third-order valence-corrected chi connectivity index (χ3v) is 12.0. The topological polar surface area (TPSA) is 29.3 Å². The van der Waals surface area contributed by atoms with Crippen molar-refractivity contribution in [3.63, 3.8) is 0 Å². The number of fused-ring (bicyclic) bond motifs is 5. The van der Waals surface area contributed by atoms with Crippen molar-refractivity contribution in [2.24, 2.45) is 0 Å². The maximum absolute atomic E-state index is 6.25. The maximum atomic E-state index is 6.25. The van der Waals surface area contributed by atoms with Gasteiger partial charge in [0.1, 0.15) is 5.52 Å². The molecule has 3 nitrogen and oxygen atoms in total. The molecule has 0 N–H and O–H groups in total. The van der Waals surface area contributed by atoms with Crippen LogP contribution in [0.15, 0.2) is 211 Å². The van der Waals surface area contributed by atoms with Crippen LogP contribution in [0.1, 0.15) is 0 Å². The minimum Gasteiger partial charge on any atom is -0.436 e. The van der Waals surface area contributed by atoms with Crippen molar-refractivity contribution in [3.8, 4) is 44.8 Å². The molecule has 0 aliphatic heterocycles. The van der Waals surface area contributed by atoms with Crippen molar-refractivity contribution in [2.75, 3.05) is 4.90 Å². The second-order valence-corrected chi connectivity index (χ2v) is 15.4. The summed E-state index contributed by atoms with van der Waals surface area (Å²) in [5, 5.41) is 4.81. The summed E-state index contributed by atoms with van der Waals surface area (Å²) in [7, 11) is 0. The van der Waals surface area contributed by atoms with Gasteiger partial charge in [-0.1, -0.05) is 140 Å². The predicted octanol–water partition coefficient (Wildman–Crippen LogP) is 15.5. The predicted molar refractivity (Wildman–Crippen MR) is 241 cm³/mol. The van der Waals surface area contributed by atoms with E-state index in [0.717, 1.165) is 33.7 Å². The molecule has 11 rings (SSSR count). The highest BCUT2D eigenvalue weighted by Gasteiger charge is 2.20. The molecule has 4 heteroatoms. The smallest absolute Gasteiger partial charge is 0.227 e. The molecule has 0 spiro atoms. The van der Waals surface area contributed by atoms with Crippen molar-refractivity contribution < 1.29 is 4.42 Å². The van der Waals surface area contributed by atoms with Crippen molar-refractivity contribution in [3.05, 3.63) is 206 Å². The Morgan fingerprint density at radius 1 is 0.404 bits per heavy atom. The Labute approximate surface area is 334 Å². The van der Waals surface area contributed by atoms with E-state index in [1.54, 1.807) is 11.3 Å². The van der Waals surface area contributed by atoms with E-state index in [2.05, 4.69) is 181 Å². The number of hydrogen-bond acceptors (Lipinski definition) is 4. The standard InChI is InChI=1S/C53H34N2OS/c1-4-13-35(14-5-1)36-23-26-41(27-24-36)55(49-22-12-20-37-17-10-11-21-44(37)49)42-28-29-43(45(32-42)38-15-6-2-7-16-38)40-25-30-51-46(31-40)47-33-48-50(34-52(47)57-51)56-53(54-48)39-18-8-3-9-19-39/h1-34H. The summed E-state index contributed by atoms with van der Waals surface area (Å²) in [4.78, 5) is 7.30. The highest BCUT2D eigenvalue weighted by molar-refractivity contribution is 7.25. The zero-order chi connectivity index (χ0) is 37.7. The van der Waals surface area contributed by atoms with E-state index >= 15 is 0 Å². The Bertz CT molecular complexity index is 3220. The molecule has 11 aromatic rings. The van der Waals surface area contributed by atoms with Crippen LogP contribution in [-0.4, -0.2) is 4.98 Å². The van der Waals surface area contributed by atoms with Crippen molar-refractivity contribution >= 4 is 70.4 Å². The van der Waals surface area contributed by atoms with Gasteiger partial charge in [-0.05, 0) is 99.4 Å². The van der Waals surface area contributed by atoms with Crippen LogP contribution in [0, 0.1) is 0 Å². The summed E-state index contributed by atoms with van der Waals surface area (Å²) in [6, 6.07) is 73.7. The fraction of sp³-hybridized carbons (Fsp3) is 0. The van der Waals surface area contributed by atoms with Gasteiger partial charge in [0, 0.05) is 48.6 Å². The van der Waals surface area contributed by atoms with Crippen LogP contribution < -0.4 is 4.90 Å². The van der Waals surface area contributed by atoms with E-state index in [9.17, 15) is 0 Å². The molecule has 2 heterocycles. The van der Waals surface area contributed by atoms with Gasteiger partial charge in [-0.2, -0.15) is 0 Å². The number of anilines is 3. The van der Waals surface area contributed by atoms with Crippen LogP contribution in [0.2, 0.25) is 0 Å². The zero-order valence-electron chi connectivity index (χ0n) is 30.8. The fourth-order valence-corrected chi connectivity index (χ4v) is 9.21. The molecule has 0 bridgehead atoms. The lowest BCUT2D eigenvalue weighted by molar-refractivity contribution is 0.620. The van der Waals surface area contributed by atoms with Crippen LogP contribution in [0.4, 0.5) is 17.1 Å². The summed E-state index contributed by atoms with van der Waals surface area (Å²) in [5.41, 5.74) is 13.0. The summed E-state index contributed by atoms with van der Waals surface area (Å²) in [6.45, 7) is 0. The van der Waals surface area contributed by atoms with Crippen LogP contribution in [0.25, 0.3) is 86.9 Å². The number of hydrogen-bond donors (Lipinski definition) is 0. The Balaban J connectivity index is 1.07. The molecule has 0 saturated heterocycles. The Morgan fingerprint density at radius 3 is 1.82 bits per heavy atom. The summed E-state index contributed by atoms with van der Waals surface area (Å²) in [5.74, 6) is 0.644. The minimum atomic E-state index is 0.644. The van der Waals surface area contributed by atoms with E-state index in [1.165, 1.54) is 64.3 Å². The van der Waals surface area contributed by atoms with Gasteiger partial charge in [0.2, 0.25) is 5.89 Å². The molecule has 0 saturated carbocycles. The van der Waals surface area contributed by atoms with Gasteiger partial charge < -0.3 is 9.32 Å². The number of oxazole rings is 1. The summed E-state index contributed by atoms with van der Waals surface area (Å²) >= 11 is 1.79. The van der Waals surface area contributed by atoms with Crippen molar-refractivity contribution in [2.45, 2.75) is 0 Å². The first kappa shape index (κ1) is 33.1. The number of nitrogens with zero attached hydrogens (tertiary/aromatic N) is 2. The van der Waals surface area contributed by atoms with Gasteiger partial charge in [0.25, 0.3) is 0 Å². The van der Waals surface area contributed by atoms with Crippen LogP contribution in [0.3, 0.4) is 0 Å². The van der Waals surface area contributed by atoms with Gasteiger partial charge >= 0.3 is 0 Å². The van der Waals surface area contributed by atoms with Gasteiger partial charge in [-0.25, -0.2) is 4.98 Å². The lowest BCUT2D eigenvalue weighted by Gasteiger charge is -2.28. The highest BCUT2D eigenvalue weighted by Crippen LogP contribution is 2.45. The average Bonchev–Trinajstić information content (AvgIpc) is 3.87. The molecule has 0 fully saturated rings. The van der Waals surface area contributed by atoms with E-state index in [4.69, 9.17) is 9.40 Å². The molecule has 0 aliphatic carbocycles. The average molecular weight is 747 g/mol. The van der Waals surface area contributed by atoms with Gasteiger partial charge in [0.05, 0.1) is 5.69 Å². The third-order valence-electron chi connectivity index (χ3n) is 10.9. The lowest BCUT2D eigenvalue weighted by Crippen LogP contribution is -2.10. The molecule has 0 amide bonds. The first-order valence-electron chi connectivity index (χ1n) is 19.2. The van der Waals surface area contributed by atoms with E-state index in [0.29, 0.717) is 5.89 Å². The maximum Gasteiger partial charge on any atom is 0.227 e. The molecule has 0 radical (unpaired) electrons. The van der Waals surface area contributed by atoms with E-state index in [-0.39, 0.29) is 0 Å². The Kier molecular flexibility index (Phi) is 8.01. The van der Waals surface area contributed by atoms with Gasteiger partial charge in [-0.15, -0.1) is 11.3 Å². The first-order valence-corrected chi connectivity index (χ1v) is 20.0. The molecule has 57 heavy (non-hydrogen) atoms. The molecule has 0 atom stereocenters. The molecule has 2 aromatic heterocycles. The molecule has 0 unspecified atom stereocenters. The normalized spacial score (nSPS) is 11.5. The second kappa shape index (κ2) is 13.8. The van der Waals surface area contributed by atoms with Crippen molar-refractivity contribution in [1.29, 1.82) is 0 Å². The molecule has 9 aromatic carbocycles. The van der Waals surface area contributed by atoms with Crippen LogP contribution in [0.5, 0.6) is 0 Å². The van der Waals surface area contributed by atoms with E-state index < -0.39 is 0 Å². The molecular weight excluding hydrogens is 713 g/mol. The first-order chi connectivity index (χ1) is 28.2. The minimum absolute atomic E-state index is 0.644. The zero-order valence-corrected chi connectivity index (χ0v) is 31.7. The number of rotatable bonds is 7. The SMILES string of the molecule is c1ccc(-c2ccc(N(c3ccc(-c4ccc5sc6cc7oc(-c8ccccc8)nc7cc6c5c4)c(-c4ccccc4)c3)c3cccc4ccccc34)cc2)cc1.